The third-order valence-corrected chi connectivity index (χ3v) is 5.89. The van der Waals surface area contributed by atoms with Crippen molar-refractivity contribution in [2.75, 3.05) is 0 Å². The molecule has 0 bridgehead atoms. The molecule has 2 aromatic rings. The standard InChI is InChI=1S/C20H24N2OS/c1-6-12(2)21-18(23)17-11-14-9-13-10-15(20(3,4)5)7-8-16(13)22-19(14)24-17/h6,9,11,15H,1-2,7-8,10H2,3-5H3,(H,21,23). The van der Waals surface area contributed by atoms with Crippen LogP contribution in [0.2, 0.25) is 0 Å². The van der Waals surface area contributed by atoms with E-state index in [-0.39, 0.29) is 5.91 Å². The molecule has 3 rings (SSSR count). The fraction of sp³-hybridized carbons (Fsp3) is 0.400. The second kappa shape index (κ2) is 6.17. The number of thiophene rings is 1. The average Bonchev–Trinajstić information content (AvgIpc) is 2.93. The minimum absolute atomic E-state index is 0.145. The summed E-state index contributed by atoms with van der Waals surface area (Å²) in [4.78, 5) is 18.7. The van der Waals surface area contributed by atoms with Gasteiger partial charge in [-0.15, -0.1) is 11.3 Å². The summed E-state index contributed by atoms with van der Waals surface area (Å²) in [7, 11) is 0. The molecule has 1 aliphatic carbocycles. The Morgan fingerprint density at radius 2 is 2.17 bits per heavy atom. The number of amides is 1. The van der Waals surface area contributed by atoms with Crippen molar-refractivity contribution in [3.63, 3.8) is 0 Å². The maximum atomic E-state index is 12.3. The van der Waals surface area contributed by atoms with E-state index in [9.17, 15) is 4.79 Å². The van der Waals surface area contributed by atoms with Gasteiger partial charge in [0.1, 0.15) is 4.83 Å². The van der Waals surface area contributed by atoms with Crippen LogP contribution in [0.25, 0.3) is 10.2 Å². The molecule has 3 nitrogen and oxygen atoms in total. The number of carbonyl (C=O) groups excluding carboxylic acids is 1. The zero-order valence-corrected chi connectivity index (χ0v) is 15.4. The van der Waals surface area contributed by atoms with Crippen molar-refractivity contribution < 1.29 is 4.79 Å². The number of aromatic nitrogens is 1. The molecule has 1 atom stereocenters. The summed E-state index contributed by atoms with van der Waals surface area (Å²) in [5.41, 5.74) is 3.37. The van der Waals surface area contributed by atoms with Crippen LogP contribution in [0.1, 0.15) is 48.1 Å². The molecule has 126 valence electrons. The lowest BCUT2D eigenvalue weighted by atomic mass is 9.71. The highest BCUT2D eigenvalue weighted by Gasteiger charge is 2.29. The molecule has 1 amide bonds. The molecule has 1 N–H and O–H groups in total. The van der Waals surface area contributed by atoms with Crippen LogP contribution < -0.4 is 5.32 Å². The van der Waals surface area contributed by atoms with Crippen LogP contribution in [0, 0.1) is 11.3 Å². The first kappa shape index (κ1) is 16.9. The first-order chi connectivity index (χ1) is 11.3. The first-order valence-electron chi connectivity index (χ1n) is 8.33. The van der Waals surface area contributed by atoms with E-state index in [0.29, 0.717) is 21.9 Å². The Labute approximate surface area is 147 Å². The molecule has 0 saturated carbocycles. The Balaban J connectivity index is 1.91. The molecular formula is C20H24N2OS. The molecule has 0 radical (unpaired) electrons. The van der Waals surface area contributed by atoms with Crippen molar-refractivity contribution in [2.45, 2.75) is 40.0 Å². The maximum Gasteiger partial charge on any atom is 0.265 e. The predicted octanol–water partition coefficient (Wildman–Crippen LogP) is 4.88. The van der Waals surface area contributed by atoms with Crippen LogP contribution in [0.5, 0.6) is 0 Å². The van der Waals surface area contributed by atoms with E-state index >= 15 is 0 Å². The summed E-state index contributed by atoms with van der Waals surface area (Å²) < 4.78 is 0. The summed E-state index contributed by atoms with van der Waals surface area (Å²) >= 11 is 1.44. The van der Waals surface area contributed by atoms with Crippen molar-refractivity contribution in [1.82, 2.24) is 10.3 Å². The van der Waals surface area contributed by atoms with Gasteiger partial charge in [-0.2, -0.15) is 0 Å². The van der Waals surface area contributed by atoms with Crippen molar-refractivity contribution in [2.24, 2.45) is 11.3 Å². The number of hydrogen-bond acceptors (Lipinski definition) is 3. The maximum absolute atomic E-state index is 12.3. The van der Waals surface area contributed by atoms with Gasteiger partial charge in [0, 0.05) is 16.8 Å². The minimum atomic E-state index is -0.145. The van der Waals surface area contributed by atoms with Crippen LogP contribution in [0.4, 0.5) is 0 Å². The van der Waals surface area contributed by atoms with E-state index in [2.05, 4.69) is 45.3 Å². The Kier molecular flexibility index (Phi) is 4.35. The number of nitrogens with zero attached hydrogens (tertiary/aromatic N) is 1. The van der Waals surface area contributed by atoms with Crippen LogP contribution >= 0.6 is 11.3 Å². The summed E-state index contributed by atoms with van der Waals surface area (Å²) in [6.45, 7) is 14.3. The van der Waals surface area contributed by atoms with E-state index in [0.717, 1.165) is 23.1 Å². The summed E-state index contributed by atoms with van der Waals surface area (Å²) in [6.07, 6.45) is 4.83. The number of nitrogens with one attached hydrogen (secondary N) is 1. The molecule has 4 heteroatoms. The van der Waals surface area contributed by atoms with Gasteiger partial charge in [-0.05, 0) is 54.4 Å². The number of rotatable bonds is 3. The molecule has 1 aliphatic rings. The normalized spacial score (nSPS) is 17.4. The zero-order chi connectivity index (χ0) is 17.5. The van der Waals surface area contributed by atoms with Gasteiger partial charge in [-0.3, -0.25) is 4.79 Å². The Hall–Kier alpha value is -1.94. The number of aryl methyl sites for hydroxylation is 1. The molecule has 0 spiro atoms. The first-order valence-corrected chi connectivity index (χ1v) is 9.14. The highest BCUT2D eigenvalue weighted by Crippen LogP contribution is 2.38. The van der Waals surface area contributed by atoms with Crippen LogP contribution in [0.3, 0.4) is 0 Å². The molecule has 0 saturated heterocycles. The topological polar surface area (TPSA) is 42.0 Å². The predicted molar refractivity (Wildman–Crippen MR) is 101 cm³/mol. The fourth-order valence-electron chi connectivity index (χ4n) is 3.23. The van der Waals surface area contributed by atoms with Gasteiger partial charge < -0.3 is 5.32 Å². The van der Waals surface area contributed by atoms with Gasteiger partial charge in [0.25, 0.3) is 5.91 Å². The lowest BCUT2D eigenvalue weighted by molar-refractivity contribution is 0.0971. The van der Waals surface area contributed by atoms with Crippen molar-refractivity contribution in [3.05, 3.63) is 53.2 Å². The lowest BCUT2D eigenvalue weighted by Gasteiger charge is -2.34. The Morgan fingerprint density at radius 3 is 2.83 bits per heavy atom. The van der Waals surface area contributed by atoms with Crippen LogP contribution in [-0.4, -0.2) is 10.9 Å². The van der Waals surface area contributed by atoms with E-state index < -0.39 is 0 Å². The number of fused-ring (bicyclic) bond motifs is 2. The molecule has 1 unspecified atom stereocenters. The second-order valence-corrected chi connectivity index (χ2v) is 8.62. The lowest BCUT2D eigenvalue weighted by Crippen LogP contribution is -2.27. The smallest absolute Gasteiger partial charge is 0.265 e. The van der Waals surface area contributed by atoms with E-state index in [4.69, 9.17) is 4.98 Å². The van der Waals surface area contributed by atoms with Crippen molar-refractivity contribution in [3.8, 4) is 0 Å². The third-order valence-electron chi connectivity index (χ3n) is 4.84. The van der Waals surface area contributed by atoms with E-state index in [1.807, 2.05) is 6.07 Å². The Bertz CT molecular complexity index is 826. The number of carbonyl (C=O) groups is 1. The fourth-order valence-corrected chi connectivity index (χ4v) is 4.16. The van der Waals surface area contributed by atoms with E-state index in [1.165, 1.54) is 35.1 Å². The largest absolute Gasteiger partial charge is 0.322 e. The third kappa shape index (κ3) is 3.29. The van der Waals surface area contributed by atoms with Gasteiger partial charge >= 0.3 is 0 Å². The van der Waals surface area contributed by atoms with Gasteiger partial charge in [0.15, 0.2) is 0 Å². The van der Waals surface area contributed by atoms with Crippen molar-refractivity contribution >= 4 is 27.5 Å². The molecule has 0 aromatic carbocycles. The second-order valence-electron chi connectivity index (χ2n) is 7.59. The zero-order valence-electron chi connectivity index (χ0n) is 14.6. The summed E-state index contributed by atoms with van der Waals surface area (Å²) in [6, 6.07) is 4.16. The molecular weight excluding hydrogens is 316 g/mol. The number of pyridine rings is 1. The molecule has 24 heavy (non-hydrogen) atoms. The monoisotopic (exact) mass is 340 g/mol. The number of allylic oxidation sites excluding steroid dienone is 1. The SMILES string of the molecule is C=CC(=C)NC(=O)c1cc2cc3c(nc2s1)CCC(C(C)(C)C)C3. The molecule has 0 aliphatic heterocycles. The average molecular weight is 340 g/mol. The van der Waals surface area contributed by atoms with Crippen molar-refractivity contribution in [1.29, 1.82) is 0 Å². The highest BCUT2D eigenvalue weighted by atomic mass is 32.1. The van der Waals surface area contributed by atoms with Gasteiger partial charge in [0.05, 0.1) is 4.88 Å². The highest BCUT2D eigenvalue weighted by molar-refractivity contribution is 7.20. The molecule has 0 fully saturated rings. The quantitative estimate of drug-likeness (QED) is 0.809. The molecule has 2 heterocycles. The summed E-state index contributed by atoms with van der Waals surface area (Å²) in [5.74, 6) is 0.537. The van der Waals surface area contributed by atoms with Gasteiger partial charge in [-0.1, -0.05) is 33.9 Å². The molecule has 2 aromatic heterocycles. The number of hydrogen-bond donors (Lipinski definition) is 1. The van der Waals surface area contributed by atoms with Gasteiger partial charge in [-0.25, -0.2) is 4.98 Å². The van der Waals surface area contributed by atoms with Crippen LogP contribution in [0.15, 0.2) is 37.1 Å². The van der Waals surface area contributed by atoms with Gasteiger partial charge in [0.2, 0.25) is 0 Å². The summed E-state index contributed by atoms with van der Waals surface area (Å²) in [5, 5.41) is 3.79. The minimum Gasteiger partial charge on any atom is -0.322 e. The van der Waals surface area contributed by atoms with Crippen LogP contribution in [-0.2, 0) is 12.8 Å². The Morgan fingerprint density at radius 1 is 1.42 bits per heavy atom. The van der Waals surface area contributed by atoms with E-state index in [1.54, 1.807) is 0 Å².